The number of aromatic nitrogens is 1. The molecule has 3 aromatic carbocycles. The van der Waals surface area contributed by atoms with E-state index in [0.29, 0.717) is 47.2 Å². The number of aryl methyl sites for hydroxylation is 1. The fourth-order valence-electron chi connectivity index (χ4n) is 3.69. The molecule has 1 aromatic heterocycles. The number of nitrogens with zero attached hydrogens (tertiary/aromatic N) is 1. The van der Waals surface area contributed by atoms with Gasteiger partial charge in [0, 0.05) is 30.4 Å². The second-order valence-corrected chi connectivity index (χ2v) is 9.46. The Morgan fingerprint density at radius 1 is 0.914 bits per heavy atom. The SMILES string of the molecule is O=C(CCn1c(=O)oc2ccccc21)Nc1ccc(NS(=O)(=O)c2ccc3c(c2)OCCO3)cc1. The first-order valence-corrected chi connectivity index (χ1v) is 12.3. The minimum atomic E-state index is -3.85. The number of benzene rings is 3. The van der Waals surface area contributed by atoms with Gasteiger partial charge in [-0.1, -0.05) is 12.1 Å². The highest BCUT2D eigenvalue weighted by Gasteiger charge is 2.19. The number of ether oxygens (including phenoxy) is 2. The second kappa shape index (κ2) is 9.18. The molecule has 0 saturated heterocycles. The monoisotopic (exact) mass is 495 g/mol. The topological polar surface area (TPSA) is 129 Å². The van der Waals surface area contributed by atoms with Crippen molar-refractivity contribution in [1.29, 1.82) is 0 Å². The normalized spacial score (nSPS) is 12.9. The van der Waals surface area contributed by atoms with Gasteiger partial charge in [-0.05, 0) is 48.5 Å². The van der Waals surface area contributed by atoms with E-state index in [1.165, 1.54) is 16.7 Å². The lowest BCUT2D eigenvalue weighted by atomic mass is 10.2. The third-order valence-electron chi connectivity index (χ3n) is 5.38. The summed E-state index contributed by atoms with van der Waals surface area (Å²) in [5.41, 5.74) is 1.91. The maximum atomic E-state index is 12.8. The van der Waals surface area contributed by atoms with E-state index in [0.717, 1.165) is 0 Å². The van der Waals surface area contributed by atoms with Crippen molar-refractivity contribution in [2.75, 3.05) is 23.3 Å². The van der Waals surface area contributed by atoms with E-state index in [4.69, 9.17) is 13.9 Å². The van der Waals surface area contributed by atoms with Gasteiger partial charge < -0.3 is 19.2 Å². The van der Waals surface area contributed by atoms with Crippen LogP contribution < -0.4 is 25.3 Å². The van der Waals surface area contributed by atoms with E-state index >= 15 is 0 Å². The number of rotatable bonds is 7. The zero-order valence-corrected chi connectivity index (χ0v) is 19.2. The van der Waals surface area contributed by atoms with Gasteiger partial charge in [0.05, 0.1) is 10.4 Å². The highest BCUT2D eigenvalue weighted by molar-refractivity contribution is 7.92. The number of oxazole rings is 1. The van der Waals surface area contributed by atoms with Gasteiger partial charge >= 0.3 is 5.76 Å². The van der Waals surface area contributed by atoms with Gasteiger partial charge in [-0.25, -0.2) is 13.2 Å². The first-order chi connectivity index (χ1) is 16.9. The van der Waals surface area contributed by atoms with E-state index < -0.39 is 15.8 Å². The fraction of sp³-hybridized carbons (Fsp3) is 0.167. The molecule has 5 rings (SSSR count). The molecule has 0 aliphatic carbocycles. The van der Waals surface area contributed by atoms with Crippen molar-refractivity contribution < 1.29 is 27.1 Å². The Hall–Kier alpha value is -4.25. The number of hydrogen-bond donors (Lipinski definition) is 2. The number of hydrogen-bond acceptors (Lipinski definition) is 7. The minimum Gasteiger partial charge on any atom is -0.486 e. The third kappa shape index (κ3) is 4.85. The molecule has 35 heavy (non-hydrogen) atoms. The maximum Gasteiger partial charge on any atom is 0.419 e. The van der Waals surface area contributed by atoms with Gasteiger partial charge in [-0.3, -0.25) is 14.1 Å². The van der Waals surface area contributed by atoms with Crippen LogP contribution in [0.4, 0.5) is 11.4 Å². The van der Waals surface area contributed by atoms with Crippen LogP contribution >= 0.6 is 0 Å². The number of carbonyl (C=O) groups is 1. The smallest absolute Gasteiger partial charge is 0.419 e. The van der Waals surface area contributed by atoms with Crippen molar-refractivity contribution in [1.82, 2.24) is 4.57 Å². The van der Waals surface area contributed by atoms with Crippen LogP contribution in [0, 0.1) is 0 Å². The average molecular weight is 496 g/mol. The Morgan fingerprint density at radius 3 is 2.43 bits per heavy atom. The van der Waals surface area contributed by atoms with Gasteiger partial charge in [0.25, 0.3) is 10.0 Å². The van der Waals surface area contributed by atoms with Crippen LogP contribution in [-0.4, -0.2) is 32.1 Å². The first-order valence-electron chi connectivity index (χ1n) is 10.8. The Labute approximate surface area is 200 Å². The standard InChI is InChI=1S/C24H21N3O7S/c28-23(11-12-27-19-3-1-2-4-20(19)34-24(27)29)25-16-5-7-17(8-6-16)26-35(30,31)18-9-10-21-22(15-18)33-14-13-32-21/h1-10,15,26H,11-14H2,(H,25,28). The van der Waals surface area contributed by atoms with Crippen molar-refractivity contribution in [3.8, 4) is 11.5 Å². The molecule has 0 atom stereocenters. The molecule has 0 spiro atoms. The summed E-state index contributed by atoms with van der Waals surface area (Å²) >= 11 is 0. The highest BCUT2D eigenvalue weighted by Crippen LogP contribution is 2.32. The molecular formula is C24H21N3O7S. The summed E-state index contributed by atoms with van der Waals surface area (Å²) < 4.78 is 45.5. The molecule has 180 valence electrons. The maximum absolute atomic E-state index is 12.8. The van der Waals surface area contributed by atoms with E-state index in [9.17, 15) is 18.0 Å². The molecule has 11 heteroatoms. The Balaban J connectivity index is 1.20. The molecule has 2 N–H and O–H groups in total. The lowest BCUT2D eigenvalue weighted by molar-refractivity contribution is -0.116. The summed E-state index contributed by atoms with van der Waals surface area (Å²) in [5.74, 6) is 0.0597. The number of sulfonamides is 1. The molecule has 0 unspecified atom stereocenters. The van der Waals surface area contributed by atoms with E-state index in [1.54, 1.807) is 54.6 Å². The van der Waals surface area contributed by atoms with Crippen molar-refractivity contribution in [3.05, 3.63) is 77.3 Å². The van der Waals surface area contributed by atoms with Crippen molar-refractivity contribution in [2.45, 2.75) is 17.9 Å². The summed E-state index contributed by atoms with van der Waals surface area (Å²) in [6.45, 7) is 0.931. The molecular weight excluding hydrogens is 474 g/mol. The summed E-state index contributed by atoms with van der Waals surface area (Å²) in [6.07, 6.45) is 0.0575. The predicted octanol–water partition coefficient (Wildman–Crippen LogP) is 3.20. The van der Waals surface area contributed by atoms with Gasteiger partial charge in [0.1, 0.15) is 13.2 Å². The zero-order chi connectivity index (χ0) is 24.4. The lowest BCUT2D eigenvalue weighted by Crippen LogP contribution is -2.19. The van der Waals surface area contributed by atoms with Crippen LogP contribution in [0.25, 0.3) is 11.1 Å². The number of nitrogens with one attached hydrogen (secondary N) is 2. The second-order valence-electron chi connectivity index (χ2n) is 7.77. The van der Waals surface area contributed by atoms with Crippen LogP contribution in [-0.2, 0) is 21.4 Å². The fourth-order valence-corrected chi connectivity index (χ4v) is 4.76. The summed E-state index contributed by atoms with van der Waals surface area (Å²) in [7, 11) is -3.85. The molecule has 2 heterocycles. The van der Waals surface area contributed by atoms with Gasteiger partial charge in [-0.2, -0.15) is 0 Å². The van der Waals surface area contributed by atoms with Crippen molar-refractivity contribution in [2.24, 2.45) is 0 Å². The quantitative estimate of drug-likeness (QED) is 0.403. The first kappa shape index (κ1) is 22.5. The predicted molar refractivity (Wildman–Crippen MR) is 128 cm³/mol. The number of fused-ring (bicyclic) bond motifs is 2. The molecule has 1 aliphatic heterocycles. The minimum absolute atomic E-state index is 0.0427. The summed E-state index contributed by atoms with van der Waals surface area (Å²) in [6, 6.07) is 17.7. The van der Waals surface area contributed by atoms with Gasteiger partial charge in [0.15, 0.2) is 17.1 Å². The number of carbonyl (C=O) groups excluding carboxylic acids is 1. The molecule has 4 aromatic rings. The molecule has 0 radical (unpaired) electrons. The zero-order valence-electron chi connectivity index (χ0n) is 18.4. The lowest BCUT2D eigenvalue weighted by Gasteiger charge is -2.19. The molecule has 10 nitrogen and oxygen atoms in total. The van der Waals surface area contributed by atoms with Crippen molar-refractivity contribution in [3.63, 3.8) is 0 Å². The molecule has 1 aliphatic rings. The van der Waals surface area contributed by atoms with Crippen LogP contribution in [0.2, 0.25) is 0 Å². The molecule has 1 amide bonds. The number of amides is 1. The van der Waals surface area contributed by atoms with Crippen LogP contribution in [0.1, 0.15) is 6.42 Å². The summed E-state index contributed by atoms with van der Waals surface area (Å²) in [4.78, 5) is 24.5. The Bertz CT molecular complexity index is 1560. The van der Waals surface area contributed by atoms with E-state index in [2.05, 4.69) is 10.0 Å². The number of anilines is 2. The van der Waals surface area contributed by atoms with Gasteiger partial charge in [-0.15, -0.1) is 0 Å². The highest BCUT2D eigenvalue weighted by atomic mass is 32.2. The van der Waals surface area contributed by atoms with E-state index in [1.807, 2.05) is 0 Å². The molecule has 0 fully saturated rings. The van der Waals surface area contributed by atoms with Crippen LogP contribution in [0.15, 0.2) is 80.8 Å². The molecule has 0 saturated carbocycles. The van der Waals surface area contributed by atoms with E-state index in [-0.39, 0.29) is 23.8 Å². The Morgan fingerprint density at radius 2 is 1.63 bits per heavy atom. The third-order valence-corrected chi connectivity index (χ3v) is 6.76. The van der Waals surface area contributed by atoms with Crippen LogP contribution in [0.5, 0.6) is 11.5 Å². The summed E-state index contributed by atoms with van der Waals surface area (Å²) in [5, 5.41) is 2.74. The van der Waals surface area contributed by atoms with Gasteiger partial charge in [0.2, 0.25) is 5.91 Å². The van der Waals surface area contributed by atoms with Crippen LogP contribution in [0.3, 0.4) is 0 Å². The van der Waals surface area contributed by atoms with Crippen molar-refractivity contribution >= 4 is 38.4 Å². The Kier molecular flexibility index (Phi) is 5.91. The largest absolute Gasteiger partial charge is 0.486 e. The molecule has 0 bridgehead atoms. The number of para-hydroxylation sites is 2. The average Bonchev–Trinajstić information content (AvgIpc) is 3.18.